The van der Waals surface area contributed by atoms with Gasteiger partial charge in [0.25, 0.3) is 0 Å². The Balaban J connectivity index is 0.00000121. The van der Waals surface area contributed by atoms with Gasteiger partial charge in [0.1, 0.15) is 12.1 Å². The molecule has 0 bridgehead atoms. The predicted molar refractivity (Wildman–Crippen MR) is 45.1 cm³/mol. The summed E-state index contributed by atoms with van der Waals surface area (Å²) in [6, 6.07) is 0. The van der Waals surface area contributed by atoms with E-state index in [4.69, 9.17) is 0 Å². The Hall–Kier alpha value is -0.350. The zero-order valence-electron chi connectivity index (χ0n) is 6.88. The van der Waals surface area contributed by atoms with Crippen molar-refractivity contribution in [1.82, 2.24) is 5.32 Å². The molecule has 0 radical (unpaired) electrons. The molecule has 12 heavy (non-hydrogen) atoms. The Bertz CT molecular complexity index is 156. The third kappa shape index (κ3) is 2.60. The highest BCUT2D eigenvalue weighted by Gasteiger charge is 2.33. The maximum atomic E-state index is 12.8. The summed E-state index contributed by atoms with van der Waals surface area (Å²) in [5.74, 6) is -1.01. The zero-order valence-corrected chi connectivity index (χ0v) is 7.70. The fourth-order valence-corrected chi connectivity index (χ4v) is 1.13. The van der Waals surface area contributed by atoms with Crippen LogP contribution in [0.4, 0.5) is 4.39 Å². The Labute approximate surface area is 77.1 Å². The predicted octanol–water partition coefficient (Wildman–Crippen LogP) is 0.529. The van der Waals surface area contributed by atoms with E-state index in [9.17, 15) is 9.18 Å². The van der Waals surface area contributed by atoms with Crippen molar-refractivity contribution in [3.8, 4) is 0 Å². The van der Waals surface area contributed by atoms with Gasteiger partial charge in [0.05, 0.1) is 6.61 Å². The molecule has 1 heterocycles. The topological polar surface area (TPSA) is 38.3 Å². The summed E-state index contributed by atoms with van der Waals surface area (Å²) in [4.78, 5) is 11.0. The normalized spacial score (nSPS) is 27.8. The molecule has 0 aliphatic carbocycles. The molecule has 72 valence electrons. The minimum Gasteiger partial charge on any atom is -0.466 e. The molecular weight excluding hydrogens is 185 g/mol. The van der Waals surface area contributed by atoms with Crippen LogP contribution in [0.25, 0.3) is 0 Å². The first-order valence-electron chi connectivity index (χ1n) is 3.77. The number of hydrogen-bond donors (Lipinski definition) is 1. The van der Waals surface area contributed by atoms with Crippen molar-refractivity contribution < 1.29 is 13.9 Å². The van der Waals surface area contributed by atoms with Crippen molar-refractivity contribution in [2.45, 2.75) is 13.1 Å². The van der Waals surface area contributed by atoms with Gasteiger partial charge in [0.15, 0.2) is 0 Å². The molecule has 0 amide bonds. The van der Waals surface area contributed by atoms with Crippen LogP contribution >= 0.6 is 12.4 Å². The third-order valence-corrected chi connectivity index (χ3v) is 1.73. The van der Waals surface area contributed by atoms with Crippen LogP contribution in [0.15, 0.2) is 0 Å². The highest BCUT2D eigenvalue weighted by Crippen LogP contribution is 2.13. The summed E-state index contributed by atoms with van der Waals surface area (Å²) in [5, 5.41) is 2.79. The molecule has 0 spiro atoms. The zero-order chi connectivity index (χ0) is 8.27. The molecule has 1 aliphatic rings. The van der Waals surface area contributed by atoms with Gasteiger partial charge in [0, 0.05) is 13.1 Å². The quantitative estimate of drug-likeness (QED) is 0.657. The number of rotatable bonds is 2. The van der Waals surface area contributed by atoms with Gasteiger partial charge in [0.2, 0.25) is 0 Å². The average Bonchev–Trinajstić information content (AvgIpc) is 2.36. The van der Waals surface area contributed by atoms with Gasteiger partial charge in [-0.2, -0.15) is 0 Å². The molecule has 3 nitrogen and oxygen atoms in total. The minimum atomic E-state index is -1.07. The van der Waals surface area contributed by atoms with Crippen LogP contribution in [0.5, 0.6) is 0 Å². The van der Waals surface area contributed by atoms with Crippen LogP contribution in [0, 0.1) is 5.92 Å². The summed E-state index contributed by atoms with van der Waals surface area (Å²) in [6.07, 6.45) is -1.07. The summed E-state index contributed by atoms with van der Waals surface area (Å²) in [6.45, 7) is 2.71. The number of nitrogens with one attached hydrogen (secondary N) is 1. The SMILES string of the molecule is CCOC(=O)C1CNCC1F.Cl. The Morgan fingerprint density at radius 1 is 1.67 bits per heavy atom. The highest BCUT2D eigenvalue weighted by atomic mass is 35.5. The number of alkyl halides is 1. The van der Waals surface area contributed by atoms with E-state index in [2.05, 4.69) is 10.1 Å². The fourth-order valence-electron chi connectivity index (χ4n) is 1.13. The first-order chi connectivity index (χ1) is 5.25. The maximum Gasteiger partial charge on any atom is 0.313 e. The van der Waals surface area contributed by atoms with Crippen LogP contribution in [0.3, 0.4) is 0 Å². The molecule has 1 rings (SSSR count). The van der Waals surface area contributed by atoms with Crippen molar-refractivity contribution in [3.63, 3.8) is 0 Å². The molecule has 0 aromatic carbocycles. The lowest BCUT2D eigenvalue weighted by molar-refractivity contribution is -0.148. The molecule has 2 unspecified atom stereocenters. The summed E-state index contributed by atoms with van der Waals surface area (Å²) in [7, 11) is 0. The van der Waals surface area contributed by atoms with Gasteiger partial charge in [-0.05, 0) is 6.92 Å². The van der Waals surface area contributed by atoms with E-state index < -0.39 is 18.1 Å². The smallest absolute Gasteiger partial charge is 0.313 e. The molecule has 5 heteroatoms. The Kier molecular flexibility index (Phi) is 5.17. The van der Waals surface area contributed by atoms with Crippen molar-refractivity contribution in [2.75, 3.05) is 19.7 Å². The van der Waals surface area contributed by atoms with Gasteiger partial charge in [-0.15, -0.1) is 12.4 Å². The monoisotopic (exact) mass is 197 g/mol. The number of halogens is 2. The number of carbonyl (C=O) groups excluding carboxylic acids is 1. The lowest BCUT2D eigenvalue weighted by Gasteiger charge is -2.09. The van der Waals surface area contributed by atoms with Crippen molar-refractivity contribution in [1.29, 1.82) is 0 Å². The van der Waals surface area contributed by atoms with E-state index in [1.165, 1.54) is 0 Å². The van der Waals surface area contributed by atoms with E-state index in [1.54, 1.807) is 6.92 Å². The van der Waals surface area contributed by atoms with Crippen molar-refractivity contribution in [2.24, 2.45) is 5.92 Å². The first kappa shape index (κ1) is 11.6. The molecule has 0 aromatic rings. The molecule has 1 saturated heterocycles. The minimum absolute atomic E-state index is 0. The van der Waals surface area contributed by atoms with Gasteiger partial charge in [-0.3, -0.25) is 4.79 Å². The standard InChI is InChI=1S/C7H12FNO2.ClH/c1-2-11-7(10)5-3-9-4-6(5)8;/h5-6,9H,2-4H2,1H3;1H. The molecular formula is C7H13ClFNO2. The number of hydrogen-bond acceptors (Lipinski definition) is 3. The van der Waals surface area contributed by atoms with E-state index in [0.717, 1.165) is 0 Å². The van der Waals surface area contributed by atoms with E-state index in [0.29, 0.717) is 13.2 Å². The number of ether oxygens (including phenoxy) is 1. The van der Waals surface area contributed by atoms with Crippen LogP contribution in [-0.2, 0) is 9.53 Å². The lowest BCUT2D eigenvalue weighted by Crippen LogP contribution is -2.25. The molecule has 1 N–H and O–H groups in total. The van der Waals surface area contributed by atoms with E-state index in [1.807, 2.05) is 0 Å². The highest BCUT2D eigenvalue weighted by molar-refractivity contribution is 5.85. The van der Waals surface area contributed by atoms with Gasteiger partial charge in [-0.25, -0.2) is 4.39 Å². The van der Waals surface area contributed by atoms with Crippen molar-refractivity contribution >= 4 is 18.4 Å². The molecule has 2 atom stereocenters. The summed E-state index contributed by atoms with van der Waals surface area (Å²) in [5.41, 5.74) is 0. The lowest BCUT2D eigenvalue weighted by atomic mass is 10.1. The maximum absolute atomic E-state index is 12.8. The summed E-state index contributed by atoms with van der Waals surface area (Å²) < 4.78 is 17.5. The fraction of sp³-hybridized carbons (Fsp3) is 0.857. The van der Waals surface area contributed by atoms with E-state index in [-0.39, 0.29) is 19.0 Å². The van der Waals surface area contributed by atoms with Gasteiger partial charge < -0.3 is 10.1 Å². The van der Waals surface area contributed by atoms with E-state index >= 15 is 0 Å². The summed E-state index contributed by atoms with van der Waals surface area (Å²) >= 11 is 0. The second-order valence-electron chi connectivity index (χ2n) is 2.53. The Morgan fingerprint density at radius 2 is 2.33 bits per heavy atom. The van der Waals surface area contributed by atoms with Crippen LogP contribution in [-0.4, -0.2) is 31.8 Å². The molecule has 1 fully saturated rings. The van der Waals surface area contributed by atoms with Crippen LogP contribution in [0.2, 0.25) is 0 Å². The third-order valence-electron chi connectivity index (χ3n) is 1.73. The second kappa shape index (κ2) is 5.32. The van der Waals surface area contributed by atoms with Gasteiger partial charge in [-0.1, -0.05) is 0 Å². The average molecular weight is 198 g/mol. The van der Waals surface area contributed by atoms with Gasteiger partial charge >= 0.3 is 5.97 Å². The molecule has 0 saturated carbocycles. The number of carbonyl (C=O) groups is 1. The molecule has 0 aromatic heterocycles. The van der Waals surface area contributed by atoms with Crippen LogP contribution < -0.4 is 5.32 Å². The van der Waals surface area contributed by atoms with Crippen LogP contribution in [0.1, 0.15) is 6.92 Å². The Morgan fingerprint density at radius 3 is 2.75 bits per heavy atom. The largest absolute Gasteiger partial charge is 0.466 e. The number of esters is 1. The molecule has 1 aliphatic heterocycles. The second-order valence-corrected chi connectivity index (χ2v) is 2.53. The van der Waals surface area contributed by atoms with Crippen molar-refractivity contribution in [3.05, 3.63) is 0 Å². The first-order valence-corrected chi connectivity index (χ1v) is 3.77.